The monoisotopic (exact) mass is 498 g/mol. The lowest BCUT2D eigenvalue weighted by Crippen LogP contribution is -2.72. The molecule has 3 fully saturated rings. The summed E-state index contributed by atoms with van der Waals surface area (Å²) in [5.74, 6) is -0.633. The van der Waals surface area contributed by atoms with E-state index in [9.17, 15) is 24.9 Å². The summed E-state index contributed by atoms with van der Waals surface area (Å²) in [5, 5.41) is 32.0. The number of carbonyl (C=O) groups is 2. The molecule has 5 aliphatic rings. The van der Waals surface area contributed by atoms with E-state index in [1.807, 2.05) is 27.7 Å². The molecule has 0 spiro atoms. The van der Waals surface area contributed by atoms with Gasteiger partial charge in [0, 0.05) is 17.3 Å². The highest BCUT2D eigenvalue weighted by molar-refractivity contribution is 5.88. The fourth-order valence-corrected chi connectivity index (χ4v) is 9.79. The number of aliphatic hydroxyl groups is 2. The summed E-state index contributed by atoms with van der Waals surface area (Å²) < 4.78 is 0. The molecule has 3 saturated carbocycles. The molecule has 200 valence electrons. The maximum absolute atomic E-state index is 14.3. The van der Waals surface area contributed by atoms with Crippen LogP contribution in [0, 0.1) is 43.8 Å². The van der Waals surface area contributed by atoms with Crippen molar-refractivity contribution in [3.63, 3.8) is 0 Å². The van der Waals surface area contributed by atoms with Gasteiger partial charge in [-0.05, 0) is 78.6 Å². The van der Waals surface area contributed by atoms with Crippen LogP contribution in [-0.4, -0.2) is 39.3 Å². The van der Waals surface area contributed by atoms with Crippen molar-refractivity contribution in [2.75, 3.05) is 0 Å². The lowest BCUT2D eigenvalue weighted by Gasteiger charge is -2.72. The number of rotatable bonds is 1. The number of hydrogen-bond acceptors (Lipinski definition) is 4. The average Bonchev–Trinajstić information content (AvgIpc) is 2.79. The lowest BCUT2D eigenvalue weighted by atomic mass is 9.31. The van der Waals surface area contributed by atoms with Crippen LogP contribution in [0.5, 0.6) is 0 Å². The standard InChI is InChI=1S/C31H46O5/c1-25(2)23(34)20(32)15-21-29(6)10-9-18-19-16-27(4,24(35)36)12-11-26(19,3)13-14-28(18,5)30(29,7)17-22(33)31(21,25)8/h9-10,20-21,23,32,34H,11-17H2,1-8H3,(H,35,36). The van der Waals surface area contributed by atoms with Gasteiger partial charge in [0.25, 0.3) is 0 Å². The van der Waals surface area contributed by atoms with Crippen molar-refractivity contribution >= 4 is 11.8 Å². The molecule has 0 amide bonds. The first-order valence-corrected chi connectivity index (χ1v) is 13.9. The van der Waals surface area contributed by atoms with Crippen LogP contribution in [0.15, 0.2) is 23.3 Å². The summed E-state index contributed by atoms with van der Waals surface area (Å²) in [4.78, 5) is 26.5. The minimum atomic E-state index is -0.942. The van der Waals surface area contributed by atoms with Gasteiger partial charge in [-0.3, -0.25) is 9.59 Å². The number of carbonyl (C=O) groups excluding carboxylic acids is 1. The van der Waals surface area contributed by atoms with Crippen LogP contribution in [-0.2, 0) is 9.59 Å². The van der Waals surface area contributed by atoms with Gasteiger partial charge < -0.3 is 15.3 Å². The SMILES string of the molecule is CC1(C(=O)O)CCC2(C)CCC3(C)C(=C2C1)C=CC1(C)C2CC(O)C(O)C(C)(C)C2(C)C(=O)CC31C. The Bertz CT molecular complexity index is 1100. The van der Waals surface area contributed by atoms with Crippen LogP contribution < -0.4 is 0 Å². The molecule has 5 aliphatic carbocycles. The first kappa shape index (κ1) is 26.2. The Kier molecular flexibility index (Phi) is 5.19. The van der Waals surface area contributed by atoms with Crippen LogP contribution in [0.25, 0.3) is 0 Å². The Morgan fingerprint density at radius 2 is 1.53 bits per heavy atom. The number of ketones is 1. The molecule has 0 heterocycles. The number of aliphatic hydroxyl groups excluding tert-OH is 2. The van der Waals surface area contributed by atoms with Gasteiger partial charge in [0.1, 0.15) is 5.78 Å². The molecular weight excluding hydrogens is 452 g/mol. The van der Waals surface area contributed by atoms with Crippen molar-refractivity contribution in [1.82, 2.24) is 0 Å². The summed E-state index contributed by atoms with van der Waals surface area (Å²) in [5.41, 5.74) is -0.723. The number of fused-ring (bicyclic) bond motifs is 6. The number of carboxylic acid groups (broad SMARTS) is 1. The Hall–Kier alpha value is -1.46. The molecule has 5 nitrogen and oxygen atoms in total. The highest BCUT2D eigenvalue weighted by Crippen LogP contribution is 2.76. The molecule has 5 heteroatoms. The molecule has 0 aromatic carbocycles. The van der Waals surface area contributed by atoms with Crippen LogP contribution in [0.3, 0.4) is 0 Å². The number of hydrogen-bond donors (Lipinski definition) is 3. The minimum Gasteiger partial charge on any atom is -0.481 e. The van der Waals surface area contributed by atoms with Crippen LogP contribution in [0.4, 0.5) is 0 Å². The first-order chi connectivity index (χ1) is 16.3. The molecule has 0 aromatic heterocycles. The van der Waals surface area contributed by atoms with Crippen LogP contribution in [0.2, 0.25) is 0 Å². The van der Waals surface area contributed by atoms with Crippen LogP contribution >= 0.6 is 0 Å². The molecule has 0 radical (unpaired) electrons. The Morgan fingerprint density at radius 1 is 0.917 bits per heavy atom. The Balaban J connectivity index is 1.73. The zero-order valence-corrected chi connectivity index (χ0v) is 23.5. The Labute approximate surface area is 216 Å². The van der Waals surface area contributed by atoms with Crippen molar-refractivity contribution in [3.05, 3.63) is 23.3 Å². The van der Waals surface area contributed by atoms with Crippen molar-refractivity contribution < 1.29 is 24.9 Å². The highest BCUT2D eigenvalue weighted by atomic mass is 16.4. The van der Waals surface area contributed by atoms with Gasteiger partial charge in [0.15, 0.2) is 0 Å². The molecule has 0 saturated heterocycles. The summed E-state index contributed by atoms with van der Waals surface area (Å²) in [7, 11) is 0. The normalized spacial score (nSPS) is 53.7. The maximum Gasteiger partial charge on any atom is 0.309 e. The first-order valence-electron chi connectivity index (χ1n) is 13.9. The maximum atomic E-state index is 14.3. The van der Waals surface area contributed by atoms with Gasteiger partial charge in [-0.25, -0.2) is 0 Å². The largest absolute Gasteiger partial charge is 0.481 e. The fraction of sp³-hybridized carbons (Fsp3) is 0.806. The van der Waals surface area contributed by atoms with Gasteiger partial charge in [-0.2, -0.15) is 0 Å². The molecule has 9 unspecified atom stereocenters. The molecule has 0 aliphatic heterocycles. The second-order valence-corrected chi connectivity index (χ2v) is 15.1. The molecular formula is C31H46O5. The van der Waals surface area contributed by atoms with E-state index < -0.39 is 34.4 Å². The molecule has 5 rings (SSSR count). The summed E-state index contributed by atoms with van der Waals surface area (Å²) in [6, 6.07) is 0. The number of Topliss-reactive ketones (excluding diaryl/α,β-unsaturated/α-hetero) is 1. The zero-order valence-electron chi connectivity index (χ0n) is 23.5. The van der Waals surface area contributed by atoms with E-state index >= 15 is 0 Å². The van der Waals surface area contributed by atoms with E-state index in [0.717, 1.165) is 19.3 Å². The summed E-state index contributed by atoms with van der Waals surface area (Å²) in [6.07, 6.45) is 7.71. The molecule has 0 aromatic rings. The highest BCUT2D eigenvalue weighted by Gasteiger charge is 2.74. The van der Waals surface area contributed by atoms with Gasteiger partial charge in [0.2, 0.25) is 0 Å². The van der Waals surface area contributed by atoms with E-state index in [-0.39, 0.29) is 33.4 Å². The van der Waals surface area contributed by atoms with E-state index in [4.69, 9.17) is 0 Å². The summed E-state index contributed by atoms with van der Waals surface area (Å²) >= 11 is 0. The van der Waals surface area contributed by atoms with E-state index in [1.54, 1.807) is 0 Å². The minimum absolute atomic E-state index is 0.00142. The third-order valence-electron chi connectivity index (χ3n) is 13.6. The van der Waals surface area contributed by atoms with Crippen LogP contribution in [0.1, 0.15) is 100 Å². The molecule has 0 bridgehead atoms. The smallest absolute Gasteiger partial charge is 0.309 e. The predicted octanol–water partition coefficient (Wildman–Crippen LogP) is 5.69. The molecule has 9 atom stereocenters. The van der Waals surface area contributed by atoms with Crippen molar-refractivity contribution in [2.45, 2.75) is 113 Å². The summed E-state index contributed by atoms with van der Waals surface area (Å²) in [6.45, 7) is 17.0. The van der Waals surface area contributed by atoms with E-state index in [2.05, 4.69) is 39.8 Å². The number of allylic oxidation sites excluding steroid dienone is 4. The number of carboxylic acids is 1. The predicted molar refractivity (Wildman–Crippen MR) is 139 cm³/mol. The third kappa shape index (κ3) is 2.70. The van der Waals surface area contributed by atoms with Gasteiger partial charge in [-0.1, -0.05) is 66.2 Å². The third-order valence-corrected chi connectivity index (χ3v) is 13.6. The zero-order chi connectivity index (χ0) is 26.9. The van der Waals surface area contributed by atoms with Crippen molar-refractivity contribution in [3.8, 4) is 0 Å². The molecule has 36 heavy (non-hydrogen) atoms. The molecule has 3 N–H and O–H groups in total. The topological polar surface area (TPSA) is 94.8 Å². The van der Waals surface area contributed by atoms with Crippen molar-refractivity contribution in [1.29, 1.82) is 0 Å². The Morgan fingerprint density at radius 3 is 2.14 bits per heavy atom. The second kappa shape index (κ2) is 7.14. The van der Waals surface area contributed by atoms with E-state index in [1.165, 1.54) is 11.1 Å². The number of aliphatic carboxylic acids is 1. The quantitative estimate of drug-likeness (QED) is 0.431. The van der Waals surface area contributed by atoms with Gasteiger partial charge >= 0.3 is 5.97 Å². The lowest BCUT2D eigenvalue weighted by molar-refractivity contribution is -0.234. The van der Waals surface area contributed by atoms with Crippen molar-refractivity contribution in [2.24, 2.45) is 43.8 Å². The van der Waals surface area contributed by atoms with Gasteiger partial charge in [0.05, 0.1) is 17.6 Å². The fourth-order valence-electron chi connectivity index (χ4n) is 9.79. The van der Waals surface area contributed by atoms with E-state index in [0.29, 0.717) is 25.7 Å². The van der Waals surface area contributed by atoms with Gasteiger partial charge in [-0.15, -0.1) is 0 Å². The average molecular weight is 499 g/mol. The second-order valence-electron chi connectivity index (χ2n) is 15.1.